The third-order valence-electron chi connectivity index (χ3n) is 5.55. The van der Waals surface area contributed by atoms with E-state index in [-0.39, 0.29) is 10.6 Å². The lowest BCUT2D eigenvalue weighted by atomic mass is 9.87. The van der Waals surface area contributed by atoms with Gasteiger partial charge in [0.05, 0.1) is 4.90 Å². The number of carbonyl (C=O) groups is 1. The molecule has 3 aromatic rings. The average Bonchev–Trinajstić information content (AvgIpc) is 2.82. The van der Waals surface area contributed by atoms with Gasteiger partial charge in [-0.05, 0) is 42.3 Å². The van der Waals surface area contributed by atoms with Crippen molar-refractivity contribution in [3.8, 4) is 11.5 Å². The molecule has 0 saturated heterocycles. The smallest absolute Gasteiger partial charge is 0.341 e. The van der Waals surface area contributed by atoms with E-state index in [1.165, 1.54) is 18.2 Å². The molecule has 9 heteroatoms. The number of carboxylic acids is 1. The Hall–Kier alpha value is -3.43. The normalized spacial score (nSPS) is 18.6. The van der Waals surface area contributed by atoms with E-state index in [1.807, 2.05) is 30.3 Å². The van der Waals surface area contributed by atoms with Gasteiger partial charge in [0.15, 0.2) is 16.4 Å². The molecule has 172 valence electrons. The summed E-state index contributed by atoms with van der Waals surface area (Å²) in [5.41, 5.74) is 7.76. The highest BCUT2D eigenvalue weighted by Crippen LogP contribution is 2.46. The van der Waals surface area contributed by atoms with Crippen LogP contribution < -0.4 is 15.2 Å². The van der Waals surface area contributed by atoms with Gasteiger partial charge in [0.25, 0.3) is 0 Å². The molecule has 3 unspecified atom stereocenters. The summed E-state index contributed by atoms with van der Waals surface area (Å²) in [6.07, 6.45) is -0.179. The summed E-state index contributed by atoms with van der Waals surface area (Å²) < 4.78 is 51.3. The van der Waals surface area contributed by atoms with E-state index in [2.05, 4.69) is 0 Å². The van der Waals surface area contributed by atoms with Gasteiger partial charge >= 0.3 is 5.97 Å². The number of rotatable bonds is 7. The number of aliphatic carboxylic acids is 1. The van der Waals surface area contributed by atoms with Crippen molar-refractivity contribution in [1.82, 2.24) is 0 Å². The molecular weight excluding hydrogens is 449 g/mol. The molecule has 0 amide bonds. The van der Waals surface area contributed by atoms with E-state index < -0.39 is 45.6 Å². The third kappa shape index (κ3) is 4.84. The van der Waals surface area contributed by atoms with Crippen molar-refractivity contribution >= 4 is 15.8 Å². The van der Waals surface area contributed by atoms with E-state index >= 15 is 0 Å². The van der Waals surface area contributed by atoms with Gasteiger partial charge in [0.2, 0.25) is 0 Å². The topological polar surface area (TPSA) is 116 Å². The second kappa shape index (κ2) is 9.21. The van der Waals surface area contributed by atoms with Crippen molar-refractivity contribution in [2.75, 3.05) is 6.61 Å². The number of nitrogens with two attached hydrogens (primary N) is 1. The zero-order valence-electron chi connectivity index (χ0n) is 17.4. The van der Waals surface area contributed by atoms with Crippen molar-refractivity contribution in [1.29, 1.82) is 0 Å². The van der Waals surface area contributed by atoms with E-state index in [9.17, 15) is 17.6 Å². The number of sulfone groups is 1. The maximum absolute atomic E-state index is 13.3. The Morgan fingerprint density at radius 1 is 1.12 bits per heavy atom. The predicted octanol–water partition coefficient (Wildman–Crippen LogP) is 3.66. The molecule has 4 rings (SSSR count). The molecule has 0 aromatic heterocycles. The SMILES string of the molecule is NC(C1CC(c2ccccc2)Oc2cc(OCC(=O)O)ccc21)S(=O)(=O)c1ccc(F)cc1. The number of benzene rings is 3. The van der Waals surface area contributed by atoms with E-state index in [1.54, 1.807) is 12.1 Å². The van der Waals surface area contributed by atoms with Gasteiger partial charge in [0.1, 0.15) is 28.8 Å². The van der Waals surface area contributed by atoms with Crippen LogP contribution >= 0.6 is 0 Å². The molecule has 0 radical (unpaired) electrons. The molecule has 3 N–H and O–H groups in total. The van der Waals surface area contributed by atoms with E-state index in [0.29, 0.717) is 17.7 Å². The number of carboxylic acid groups (broad SMARTS) is 1. The molecule has 0 spiro atoms. The largest absolute Gasteiger partial charge is 0.485 e. The minimum atomic E-state index is -3.99. The molecule has 3 atom stereocenters. The second-order valence-electron chi connectivity index (χ2n) is 7.70. The Morgan fingerprint density at radius 3 is 2.48 bits per heavy atom. The van der Waals surface area contributed by atoms with Gasteiger partial charge in [-0.25, -0.2) is 17.6 Å². The molecule has 33 heavy (non-hydrogen) atoms. The minimum absolute atomic E-state index is 0.0675. The van der Waals surface area contributed by atoms with Crippen LogP contribution in [-0.4, -0.2) is 31.5 Å². The summed E-state index contributed by atoms with van der Waals surface area (Å²) in [6.45, 7) is -0.525. The van der Waals surface area contributed by atoms with Crippen LogP contribution in [0.5, 0.6) is 11.5 Å². The molecule has 7 nitrogen and oxygen atoms in total. The summed E-state index contributed by atoms with van der Waals surface area (Å²) in [5.74, 6) is -1.66. The van der Waals surface area contributed by atoms with Gasteiger partial charge < -0.3 is 20.3 Å². The maximum Gasteiger partial charge on any atom is 0.341 e. The first kappa shape index (κ1) is 22.8. The van der Waals surface area contributed by atoms with Crippen molar-refractivity contribution in [3.05, 3.63) is 89.7 Å². The lowest BCUT2D eigenvalue weighted by molar-refractivity contribution is -0.139. The zero-order valence-corrected chi connectivity index (χ0v) is 18.2. The first-order chi connectivity index (χ1) is 15.8. The number of hydrogen-bond donors (Lipinski definition) is 2. The van der Waals surface area contributed by atoms with Gasteiger partial charge in [0, 0.05) is 17.5 Å². The van der Waals surface area contributed by atoms with E-state index in [4.69, 9.17) is 20.3 Å². The van der Waals surface area contributed by atoms with E-state index in [0.717, 1.165) is 17.7 Å². The Labute approximate surface area is 190 Å². The van der Waals surface area contributed by atoms with Crippen LogP contribution in [0.2, 0.25) is 0 Å². The molecule has 1 heterocycles. The van der Waals surface area contributed by atoms with Crippen LogP contribution in [-0.2, 0) is 14.6 Å². The monoisotopic (exact) mass is 471 g/mol. The molecule has 0 fully saturated rings. The average molecular weight is 472 g/mol. The summed E-state index contributed by atoms with van der Waals surface area (Å²) in [7, 11) is -3.99. The Morgan fingerprint density at radius 2 is 1.82 bits per heavy atom. The molecule has 3 aromatic carbocycles. The summed E-state index contributed by atoms with van der Waals surface area (Å²) in [6, 6.07) is 18.6. The van der Waals surface area contributed by atoms with Crippen molar-refractivity contribution in [2.45, 2.75) is 28.7 Å². The molecule has 0 saturated carbocycles. The standard InChI is InChI=1S/C24H22FNO6S/c25-16-6-9-18(10-7-16)33(29,30)24(26)20-13-21(15-4-2-1-3-5-15)32-22-12-17(8-11-19(20)22)31-14-23(27)28/h1-12,20-21,24H,13-14,26H2,(H,27,28). The van der Waals surface area contributed by atoms with Crippen LogP contribution in [0.4, 0.5) is 4.39 Å². The summed E-state index contributed by atoms with van der Waals surface area (Å²) in [4.78, 5) is 10.8. The van der Waals surface area contributed by atoms with Crippen LogP contribution in [0.1, 0.15) is 29.6 Å². The first-order valence-electron chi connectivity index (χ1n) is 10.2. The highest BCUT2D eigenvalue weighted by atomic mass is 32.2. The second-order valence-corrected chi connectivity index (χ2v) is 9.81. The zero-order chi connectivity index (χ0) is 23.6. The van der Waals surface area contributed by atoms with Crippen LogP contribution in [0, 0.1) is 5.82 Å². The lowest BCUT2D eigenvalue weighted by Gasteiger charge is -2.35. The predicted molar refractivity (Wildman–Crippen MR) is 118 cm³/mol. The quantitative estimate of drug-likeness (QED) is 0.505. The molecule has 1 aliphatic heterocycles. The Bertz CT molecular complexity index is 1250. The van der Waals surface area contributed by atoms with Crippen LogP contribution in [0.15, 0.2) is 77.7 Å². The Balaban J connectivity index is 1.73. The fraction of sp³-hybridized carbons (Fsp3) is 0.208. The highest BCUT2D eigenvalue weighted by molar-refractivity contribution is 7.92. The van der Waals surface area contributed by atoms with Crippen LogP contribution in [0.25, 0.3) is 0 Å². The van der Waals surface area contributed by atoms with Gasteiger partial charge in [-0.2, -0.15) is 0 Å². The fourth-order valence-corrected chi connectivity index (χ4v) is 5.42. The van der Waals surface area contributed by atoms with Crippen molar-refractivity contribution in [3.63, 3.8) is 0 Å². The number of halogens is 1. The number of hydrogen-bond acceptors (Lipinski definition) is 6. The lowest BCUT2D eigenvalue weighted by Crippen LogP contribution is -2.39. The van der Waals surface area contributed by atoms with Gasteiger partial charge in [-0.1, -0.05) is 36.4 Å². The number of fused-ring (bicyclic) bond motifs is 1. The highest BCUT2D eigenvalue weighted by Gasteiger charge is 2.39. The molecule has 0 aliphatic carbocycles. The van der Waals surface area contributed by atoms with Gasteiger partial charge in [-0.15, -0.1) is 0 Å². The van der Waals surface area contributed by atoms with Crippen molar-refractivity contribution < 1.29 is 32.2 Å². The maximum atomic E-state index is 13.3. The third-order valence-corrected chi connectivity index (χ3v) is 7.53. The first-order valence-corrected chi connectivity index (χ1v) is 11.8. The van der Waals surface area contributed by atoms with Gasteiger partial charge in [-0.3, -0.25) is 0 Å². The summed E-state index contributed by atoms with van der Waals surface area (Å²) >= 11 is 0. The molecule has 0 bridgehead atoms. The van der Waals surface area contributed by atoms with Crippen LogP contribution in [0.3, 0.4) is 0 Å². The fourth-order valence-electron chi connectivity index (χ4n) is 3.90. The minimum Gasteiger partial charge on any atom is -0.485 e. The van der Waals surface area contributed by atoms with Crippen molar-refractivity contribution in [2.24, 2.45) is 5.73 Å². The molecule has 1 aliphatic rings. The Kier molecular flexibility index (Phi) is 6.35. The summed E-state index contributed by atoms with van der Waals surface area (Å²) in [5, 5.41) is 7.55. The number of ether oxygens (including phenoxy) is 2. The molecular formula is C24H22FNO6S.